The molecule has 0 bridgehead atoms. The van der Waals surface area contributed by atoms with Crippen LogP contribution in [0.1, 0.15) is 35.0 Å². The summed E-state index contributed by atoms with van der Waals surface area (Å²) in [6.07, 6.45) is 5.15. The Labute approximate surface area is 176 Å². The van der Waals surface area contributed by atoms with Crippen molar-refractivity contribution in [3.8, 4) is 5.75 Å². The molecule has 1 heterocycles. The third kappa shape index (κ3) is 3.74. The van der Waals surface area contributed by atoms with Crippen LogP contribution >= 0.6 is 0 Å². The number of aromatic carboxylic acids is 1. The van der Waals surface area contributed by atoms with Gasteiger partial charge in [0, 0.05) is 40.1 Å². The van der Waals surface area contributed by atoms with Gasteiger partial charge in [-0.3, -0.25) is 4.79 Å². The second-order valence-corrected chi connectivity index (χ2v) is 7.10. The lowest BCUT2D eigenvalue weighted by Gasteiger charge is -2.12. The van der Waals surface area contributed by atoms with Crippen molar-refractivity contribution in [1.82, 2.24) is 4.57 Å². The molecule has 1 N–H and O–H groups in total. The molecular weight excluding hydrogens is 404 g/mol. The third-order valence-electron chi connectivity index (χ3n) is 5.16. The Hall–Kier alpha value is -3.74. The van der Waals surface area contributed by atoms with E-state index in [2.05, 4.69) is 0 Å². The average Bonchev–Trinajstić information content (AvgIpc) is 3.04. The number of allylic oxidation sites excluding steroid dienone is 4. The molecule has 31 heavy (non-hydrogen) atoms. The van der Waals surface area contributed by atoms with Crippen LogP contribution in [0.2, 0.25) is 0 Å². The molecule has 1 aliphatic rings. The Bertz CT molecular complexity index is 1270. The van der Waals surface area contributed by atoms with Gasteiger partial charge >= 0.3 is 5.97 Å². The van der Waals surface area contributed by atoms with Crippen molar-refractivity contribution in [2.45, 2.75) is 19.9 Å². The number of Topliss-reactive ketones (excluding diaryl/α,β-unsaturated/α-hetero) is 1. The van der Waals surface area contributed by atoms with E-state index in [-0.39, 0.29) is 41.1 Å². The summed E-state index contributed by atoms with van der Waals surface area (Å²) >= 11 is 0. The highest BCUT2D eigenvalue weighted by Gasteiger charge is 2.28. The summed E-state index contributed by atoms with van der Waals surface area (Å²) in [5, 5.41) is 10.6. The van der Waals surface area contributed by atoms with Crippen molar-refractivity contribution >= 4 is 28.2 Å². The number of hydrogen-bond acceptors (Lipinski definition) is 3. The van der Waals surface area contributed by atoms with E-state index in [1.807, 2.05) is 6.92 Å². The molecule has 0 spiro atoms. The van der Waals surface area contributed by atoms with Crippen LogP contribution in [0, 0.1) is 11.6 Å². The van der Waals surface area contributed by atoms with E-state index in [1.54, 1.807) is 36.4 Å². The van der Waals surface area contributed by atoms with Gasteiger partial charge in [0.2, 0.25) is 0 Å². The Morgan fingerprint density at radius 1 is 1.19 bits per heavy atom. The predicted octanol–water partition coefficient (Wildman–Crippen LogP) is 4.98. The monoisotopic (exact) mass is 423 g/mol. The second-order valence-electron chi connectivity index (χ2n) is 7.10. The number of ether oxygens (including phenoxy) is 1. The molecule has 0 fully saturated rings. The lowest BCUT2D eigenvalue weighted by Crippen LogP contribution is -2.14. The highest BCUT2D eigenvalue weighted by molar-refractivity contribution is 6.27. The number of aromatic nitrogens is 1. The summed E-state index contributed by atoms with van der Waals surface area (Å²) in [6.45, 7) is 2.10. The van der Waals surface area contributed by atoms with E-state index in [1.165, 1.54) is 10.6 Å². The number of fused-ring (bicyclic) bond motifs is 1. The number of ketones is 1. The number of nitrogens with zero attached hydrogens (tertiary/aromatic N) is 1. The first-order valence-corrected chi connectivity index (χ1v) is 9.77. The number of carboxylic acids is 1. The molecule has 0 amide bonds. The minimum Gasteiger partial charge on any atom is -0.494 e. The maximum Gasteiger partial charge on any atom is 0.353 e. The molecule has 1 aromatic heterocycles. The fourth-order valence-electron chi connectivity index (χ4n) is 3.83. The molecule has 0 aliphatic heterocycles. The van der Waals surface area contributed by atoms with Crippen molar-refractivity contribution in [3.05, 3.63) is 83.1 Å². The zero-order chi connectivity index (χ0) is 22.1. The summed E-state index contributed by atoms with van der Waals surface area (Å²) in [5.41, 5.74) is 1.04. The van der Waals surface area contributed by atoms with Gasteiger partial charge in [-0.2, -0.15) is 0 Å². The Balaban J connectivity index is 2.02. The van der Waals surface area contributed by atoms with Crippen LogP contribution in [0.4, 0.5) is 8.78 Å². The number of carboxylic acid groups (broad SMARTS) is 1. The first kappa shape index (κ1) is 20.5. The number of carbonyl (C=O) groups is 2. The number of benzene rings is 2. The Morgan fingerprint density at radius 2 is 2.00 bits per heavy atom. The van der Waals surface area contributed by atoms with E-state index in [0.717, 1.165) is 12.1 Å². The SMILES string of the molecule is CCOc1ccc2c(c1)c(C1=CC=CCC1=O)c(C(=O)O)n2Cc1ccc(F)cc1F. The fraction of sp³-hybridized carbons (Fsp3) is 0.167. The highest BCUT2D eigenvalue weighted by atomic mass is 19.1. The van der Waals surface area contributed by atoms with E-state index in [9.17, 15) is 23.5 Å². The van der Waals surface area contributed by atoms with Gasteiger partial charge in [-0.15, -0.1) is 0 Å². The van der Waals surface area contributed by atoms with Crippen LogP contribution in [0.5, 0.6) is 5.75 Å². The molecule has 5 nitrogen and oxygen atoms in total. The topological polar surface area (TPSA) is 68.5 Å². The van der Waals surface area contributed by atoms with Gasteiger partial charge in [0.1, 0.15) is 23.1 Å². The van der Waals surface area contributed by atoms with E-state index in [0.29, 0.717) is 23.3 Å². The van der Waals surface area contributed by atoms with Crippen LogP contribution in [-0.2, 0) is 11.3 Å². The molecule has 0 atom stereocenters. The summed E-state index contributed by atoms with van der Waals surface area (Å²) in [5.74, 6) is -2.43. The average molecular weight is 423 g/mol. The Kier molecular flexibility index (Phi) is 5.42. The van der Waals surface area contributed by atoms with Gasteiger partial charge in [-0.25, -0.2) is 13.6 Å². The van der Waals surface area contributed by atoms with Crippen molar-refractivity contribution in [1.29, 1.82) is 0 Å². The Morgan fingerprint density at radius 3 is 2.68 bits per heavy atom. The highest BCUT2D eigenvalue weighted by Crippen LogP contribution is 2.37. The van der Waals surface area contributed by atoms with Gasteiger partial charge in [0.15, 0.2) is 5.78 Å². The van der Waals surface area contributed by atoms with Crippen molar-refractivity contribution in [2.24, 2.45) is 0 Å². The van der Waals surface area contributed by atoms with E-state index < -0.39 is 17.6 Å². The summed E-state index contributed by atoms with van der Waals surface area (Å²) in [7, 11) is 0. The molecule has 158 valence electrons. The van der Waals surface area contributed by atoms with Crippen molar-refractivity contribution < 1.29 is 28.2 Å². The quantitative estimate of drug-likeness (QED) is 0.607. The molecule has 2 aromatic carbocycles. The zero-order valence-corrected chi connectivity index (χ0v) is 16.7. The van der Waals surface area contributed by atoms with Gasteiger partial charge in [0.25, 0.3) is 0 Å². The van der Waals surface area contributed by atoms with Crippen molar-refractivity contribution in [2.75, 3.05) is 6.61 Å². The largest absolute Gasteiger partial charge is 0.494 e. The maximum atomic E-state index is 14.4. The number of hydrogen-bond donors (Lipinski definition) is 1. The van der Waals surface area contributed by atoms with Gasteiger partial charge < -0.3 is 14.4 Å². The number of halogens is 2. The standard InChI is InChI=1S/C24H19F2NO4/c1-2-31-16-9-10-20-18(12-16)22(17-5-3-4-6-21(17)28)23(24(29)30)27(20)13-14-7-8-15(25)11-19(14)26/h3-5,7-12H,2,6,13H2,1H3,(H,29,30). The van der Waals surface area contributed by atoms with Crippen LogP contribution in [0.25, 0.3) is 16.5 Å². The van der Waals surface area contributed by atoms with E-state index in [4.69, 9.17) is 4.74 Å². The lowest BCUT2D eigenvalue weighted by molar-refractivity contribution is -0.113. The lowest BCUT2D eigenvalue weighted by atomic mass is 9.93. The summed E-state index contributed by atoms with van der Waals surface area (Å²) in [4.78, 5) is 25.0. The maximum absolute atomic E-state index is 14.4. The zero-order valence-electron chi connectivity index (χ0n) is 16.7. The van der Waals surface area contributed by atoms with E-state index >= 15 is 0 Å². The smallest absolute Gasteiger partial charge is 0.353 e. The molecule has 3 aromatic rings. The van der Waals surface area contributed by atoms with Crippen LogP contribution < -0.4 is 4.74 Å². The third-order valence-corrected chi connectivity index (χ3v) is 5.16. The minimum absolute atomic E-state index is 0.130. The minimum atomic E-state index is -1.25. The van der Waals surface area contributed by atoms with Gasteiger partial charge in [-0.05, 0) is 31.2 Å². The first-order valence-electron chi connectivity index (χ1n) is 9.77. The molecular formula is C24H19F2NO4. The molecule has 0 unspecified atom stereocenters. The molecule has 0 saturated heterocycles. The number of carbonyl (C=O) groups excluding carboxylic acids is 1. The second kappa shape index (κ2) is 8.18. The van der Waals surface area contributed by atoms with Gasteiger partial charge in [0.05, 0.1) is 13.2 Å². The molecule has 7 heteroatoms. The molecule has 4 rings (SSSR count). The van der Waals surface area contributed by atoms with Crippen LogP contribution in [0.15, 0.2) is 54.6 Å². The van der Waals surface area contributed by atoms with Gasteiger partial charge in [-0.1, -0.05) is 24.3 Å². The summed E-state index contributed by atoms with van der Waals surface area (Å²) in [6, 6.07) is 8.22. The summed E-state index contributed by atoms with van der Waals surface area (Å²) < 4.78 is 34.7. The van der Waals surface area contributed by atoms with Crippen LogP contribution in [0.3, 0.4) is 0 Å². The fourth-order valence-corrected chi connectivity index (χ4v) is 3.83. The number of rotatable bonds is 6. The first-order chi connectivity index (χ1) is 14.9. The normalized spacial score (nSPS) is 13.5. The predicted molar refractivity (Wildman–Crippen MR) is 112 cm³/mol. The van der Waals surface area contributed by atoms with Crippen LogP contribution in [-0.4, -0.2) is 28.0 Å². The van der Waals surface area contributed by atoms with Crippen molar-refractivity contribution in [3.63, 3.8) is 0 Å². The molecule has 1 aliphatic carbocycles. The molecule has 0 radical (unpaired) electrons. The molecule has 0 saturated carbocycles.